The Morgan fingerprint density at radius 3 is 2.64 bits per heavy atom. The number of carbonyl (C=O) groups is 2. The molecule has 0 heterocycles. The Hall–Kier alpha value is -1.12. The third-order valence-corrected chi connectivity index (χ3v) is 9.06. The first-order chi connectivity index (χ1) is 11.9. The molecule has 0 saturated heterocycles. The standard InChI is InChI=1S/C21H28O3Se/c1-4-24-19(23)21(3)17-11-10-15(20(17,2)13-12-18(21)22)14-25-16-8-6-5-7-9-16/h5-9,15,17H,4,10-14H2,1-3H3/t15-,17+,20-,21-/m1/s1. The minimum atomic E-state index is -0.947. The number of rotatable bonds is 5. The molecule has 0 amide bonds. The number of esters is 1. The average molecular weight is 407 g/mol. The second-order valence-electron chi connectivity index (χ2n) is 7.80. The van der Waals surface area contributed by atoms with Crippen molar-refractivity contribution in [3.05, 3.63) is 30.3 Å². The summed E-state index contributed by atoms with van der Waals surface area (Å²) in [7, 11) is 0. The number of hydrogen-bond acceptors (Lipinski definition) is 3. The van der Waals surface area contributed by atoms with Gasteiger partial charge in [0.1, 0.15) is 0 Å². The molecule has 0 aromatic heterocycles. The van der Waals surface area contributed by atoms with Crippen molar-refractivity contribution >= 4 is 31.2 Å². The van der Waals surface area contributed by atoms with E-state index in [2.05, 4.69) is 37.3 Å². The molecule has 0 bridgehead atoms. The van der Waals surface area contributed by atoms with E-state index in [1.165, 1.54) is 9.78 Å². The van der Waals surface area contributed by atoms with Gasteiger partial charge in [0.25, 0.3) is 0 Å². The van der Waals surface area contributed by atoms with Gasteiger partial charge >= 0.3 is 157 Å². The summed E-state index contributed by atoms with van der Waals surface area (Å²) in [5.41, 5.74) is -0.872. The van der Waals surface area contributed by atoms with Gasteiger partial charge in [0, 0.05) is 0 Å². The van der Waals surface area contributed by atoms with Gasteiger partial charge in [-0.15, -0.1) is 0 Å². The molecule has 1 aromatic carbocycles. The zero-order valence-electron chi connectivity index (χ0n) is 15.4. The summed E-state index contributed by atoms with van der Waals surface area (Å²) in [5, 5.41) is 1.19. The zero-order valence-corrected chi connectivity index (χ0v) is 17.1. The van der Waals surface area contributed by atoms with Crippen molar-refractivity contribution in [2.45, 2.75) is 51.8 Å². The molecule has 2 aliphatic carbocycles. The number of fused-ring (bicyclic) bond motifs is 1. The molecular formula is C21H28O3Se. The Morgan fingerprint density at radius 2 is 1.96 bits per heavy atom. The Bertz CT molecular complexity index is 644. The molecule has 0 aliphatic heterocycles. The second kappa shape index (κ2) is 7.25. The van der Waals surface area contributed by atoms with Crippen LogP contribution in [0.3, 0.4) is 0 Å². The summed E-state index contributed by atoms with van der Waals surface area (Å²) >= 11 is 0.450. The van der Waals surface area contributed by atoms with Gasteiger partial charge in [-0.3, -0.25) is 0 Å². The molecular weight excluding hydrogens is 379 g/mol. The molecule has 4 atom stereocenters. The fraction of sp³-hybridized carbons (Fsp3) is 0.619. The van der Waals surface area contributed by atoms with Crippen molar-refractivity contribution in [1.82, 2.24) is 0 Å². The van der Waals surface area contributed by atoms with Gasteiger partial charge in [0.05, 0.1) is 0 Å². The fourth-order valence-electron chi connectivity index (χ4n) is 5.00. The van der Waals surface area contributed by atoms with Crippen LogP contribution in [0.1, 0.15) is 46.5 Å². The van der Waals surface area contributed by atoms with E-state index in [0.29, 0.717) is 33.9 Å². The predicted molar refractivity (Wildman–Crippen MR) is 99.9 cm³/mol. The van der Waals surface area contributed by atoms with Crippen LogP contribution in [-0.2, 0) is 14.3 Å². The van der Waals surface area contributed by atoms with E-state index in [1.807, 2.05) is 13.8 Å². The topological polar surface area (TPSA) is 43.4 Å². The molecule has 4 heteroatoms. The van der Waals surface area contributed by atoms with Crippen LogP contribution >= 0.6 is 0 Å². The third kappa shape index (κ3) is 3.19. The molecule has 25 heavy (non-hydrogen) atoms. The van der Waals surface area contributed by atoms with Crippen molar-refractivity contribution in [2.75, 3.05) is 6.61 Å². The van der Waals surface area contributed by atoms with E-state index >= 15 is 0 Å². The number of benzene rings is 1. The molecule has 136 valence electrons. The van der Waals surface area contributed by atoms with E-state index < -0.39 is 5.41 Å². The van der Waals surface area contributed by atoms with Crippen molar-refractivity contribution < 1.29 is 14.3 Å². The van der Waals surface area contributed by atoms with Gasteiger partial charge in [-0.1, -0.05) is 0 Å². The van der Waals surface area contributed by atoms with Gasteiger partial charge in [0.2, 0.25) is 0 Å². The summed E-state index contributed by atoms with van der Waals surface area (Å²) < 4.78 is 6.75. The van der Waals surface area contributed by atoms with Crippen LogP contribution in [0, 0.1) is 22.7 Å². The summed E-state index contributed by atoms with van der Waals surface area (Å²) in [6.07, 6.45) is 3.52. The van der Waals surface area contributed by atoms with E-state index in [9.17, 15) is 9.59 Å². The van der Waals surface area contributed by atoms with Crippen LogP contribution in [0.2, 0.25) is 5.32 Å². The van der Waals surface area contributed by atoms with Crippen LogP contribution in [0.25, 0.3) is 0 Å². The van der Waals surface area contributed by atoms with Crippen molar-refractivity contribution in [1.29, 1.82) is 0 Å². The monoisotopic (exact) mass is 408 g/mol. The van der Waals surface area contributed by atoms with Gasteiger partial charge in [-0.25, -0.2) is 0 Å². The van der Waals surface area contributed by atoms with Gasteiger partial charge in [-0.2, -0.15) is 0 Å². The Morgan fingerprint density at radius 1 is 1.24 bits per heavy atom. The van der Waals surface area contributed by atoms with Gasteiger partial charge in [0.15, 0.2) is 0 Å². The van der Waals surface area contributed by atoms with Crippen molar-refractivity contribution in [2.24, 2.45) is 22.7 Å². The minimum absolute atomic E-state index is 0.0753. The number of Topliss-reactive ketones (excluding diaryl/α,β-unsaturated/α-hetero) is 1. The molecule has 2 aliphatic rings. The van der Waals surface area contributed by atoms with Crippen LogP contribution in [0.4, 0.5) is 0 Å². The van der Waals surface area contributed by atoms with Crippen molar-refractivity contribution in [3.63, 3.8) is 0 Å². The van der Waals surface area contributed by atoms with Crippen molar-refractivity contribution in [3.8, 4) is 0 Å². The van der Waals surface area contributed by atoms with Crippen LogP contribution in [0.15, 0.2) is 30.3 Å². The maximum atomic E-state index is 12.7. The van der Waals surface area contributed by atoms with Crippen LogP contribution in [0.5, 0.6) is 0 Å². The molecule has 2 fully saturated rings. The molecule has 0 N–H and O–H groups in total. The van der Waals surface area contributed by atoms with E-state index in [1.54, 1.807) is 0 Å². The average Bonchev–Trinajstić information content (AvgIpc) is 2.95. The summed E-state index contributed by atoms with van der Waals surface area (Å²) in [6.45, 7) is 6.32. The molecule has 2 saturated carbocycles. The Kier molecular flexibility index (Phi) is 5.41. The first-order valence-electron chi connectivity index (χ1n) is 9.31. The molecule has 1 aromatic rings. The summed E-state index contributed by atoms with van der Waals surface area (Å²) in [5.74, 6) is 0.504. The number of ketones is 1. The van der Waals surface area contributed by atoms with Crippen LogP contribution in [-0.4, -0.2) is 33.3 Å². The van der Waals surface area contributed by atoms with E-state index in [4.69, 9.17) is 4.74 Å². The maximum absolute atomic E-state index is 12.7. The summed E-state index contributed by atoms with van der Waals surface area (Å²) in [6, 6.07) is 10.7. The molecule has 0 spiro atoms. The molecule has 0 unspecified atom stereocenters. The summed E-state index contributed by atoms with van der Waals surface area (Å²) in [4.78, 5) is 25.4. The molecule has 3 nitrogen and oxygen atoms in total. The number of ether oxygens (including phenoxy) is 1. The van der Waals surface area contributed by atoms with Gasteiger partial charge in [-0.05, 0) is 0 Å². The fourth-order valence-corrected chi connectivity index (χ4v) is 7.71. The third-order valence-electron chi connectivity index (χ3n) is 6.59. The normalized spacial score (nSPS) is 34.6. The first-order valence-corrected chi connectivity index (χ1v) is 11.4. The first kappa shape index (κ1) is 18.7. The van der Waals surface area contributed by atoms with E-state index in [-0.39, 0.29) is 23.1 Å². The second-order valence-corrected chi connectivity index (χ2v) is 10.1. The predicted octanol–water partition coefficient (Wildman–Crippen LogP) is 3.40. The zero-order chi connectivity index (χ0) is 18.1. The quantitative estimate of drug-likeness (QED) is 0.427. The van der Waals surface area contributed by atoms with Gasteiger partial charge < -0.3 is 0 Å². The Labute approximate surface area is 157 Å². The number of carbonyl (C=O) groups excluding carboxylic acids is 2. The molecule has 0 radical (unpaired) electrons. The Balaban J connectivity index is 1.79. The van der Waals surface area contributed by atoms with E-state index in [0.717, 1.165) is 19.3 Å². The van der Waals surface area contributed by atoms with Crippen LogP contribution < -0.4 is 4.46 Å². The SMILES string of the molecule is CCOC(=O)[C@@]1(C)C(=O)CC[C@]2(C)[C@@H](C[Se]c3ccccc3)CC[C@H]12. The molecule has 3 rings (SSSR count). The number of hydrogen-bond donors (Lipinski definition) is 0.